The predicted molar refractivity (Wildman–Crippen MR) is 114 cm³/mol. The molecule has 1 aliphatic heterocycles. The third kappa shape index (κ3) is 12.9. The molecule has 0 radical (unpaired) electrons. The van der Waals surface area contributed by atoms with E-state index in [1.54, 1.807) is 7.05 Å². The number of nitrogens with zero attached hydrogens (tertiary/aromatic N) is 2. The molecule has 0 aromatic carbocycles. The Bertz CT molecular complexity index is 617. The van der Waals surface area contributed by atoms with E-state index in [-0.39, 0.29) is 18.8 Å². The minimum atomic E-state index is -1.50. The summed E-state index contributed by atoms with van der Waals surface area (Å²) in [5.41, 5.74) is 7.06. The van der Waals surface area contributed by atoms with Crippen LogP contribution in [0.15, 0.2) is 22.1 Å². The zero-order valence-electron chi connectivity index (χ0n) is 17.8. The quantitative estimate of drug-likeness (QED) is 0.157. The number of aliphatic imine (C=N–C) groups is 2. The van der Waals surface area contributed by atoms with Gasteiger partial charge in [-0.1, -0.05) is 13.3 Å². The third-order valence-corrected chi connectivity index (χ3v) is 3.69. The number of amidine groups is 1. The summed E-state index contributed by atoms with van der Waals surface area (Å²) in [6.07, 6.45) is 6.83. The van der Waals surface area contributed by atoms with Gasteiger partial charge >= 0.3 is 0 Å². The number of hydrogen-bond acceptors (Lipinski definition) is 6. The molecule has 1 aliphatic rings. The lowest BCUT2D eigenvalue weighted by Gasteiger charge is -2.10. The second-order valence-corrected chi connectivity index (χ2v) is 6.96. The zero-order valence-corrected chi connectivity index (χ0v) is 17.8. The van der Waals surface area contributed by atoms with Gasteiger partial charge in [0.25, 0.3) is 0 Å². The van der Waals surface area contributed by atoms with Crippen molar-refractivity contribution in [3.8, 4) is 0 Å². The van der Waals surface area contributed by atoms with Crippen LogP contribution in [0.3, 0.4) is 0 Å². The van der Waals surface area contributed by atoms with E-state index in [4.69, 9.17) is 25.8 Å². The number of carbonyl (C=O) groups excluding carboxylic acids is 1. The maximum absolute atomic E-state index is 9.56. The van der Waals surface area contributed by atoms with E-state index in [0.717, 1.165) is 49.8 Å². The van der Waals surface area contributed by atoms with Crippen LogP contribution in [0.5, 0.6) is 0 Å². The standard InChI is InChI=1S/C12H18N4O2.C5H10O.C3H8O2/c1-14-12(15-7-13)10-4-3-9(16-10)11-5-2-8(6-17)18-11;1-2-3-4-5-6;1-3(2,4)5/h3-4,7-8,11,16-17H,2,5-6H2,1H3,(H2,13,14,15);5H,2-4H2,1H3;4-5H,1-2H3. The van der Waals surface area contributed by atoms with Gasteiger partial charge in [-0.15, -0.1) is 0 Å². The van der Waals surface area contributed by atoms with Gasteiger partial charge in [-0.25, -0.2) is 4.99 Å². The Morgan fingerprint density at radius 1 is 1.38 bits per heavy atom. The highest BCUT2D eigenvalue weighted by Gasteiger charge is 2.27. The summed E-state index contributed by atoms with van der Waals surface area (Å²) in [5.74, 6) is -0.944. The molecule has 166 valence electrons. The summed E-state index contributed by atoms with van der Waals surface area (Å²) in [4.78, 5) is 20.8. The van der Waals surface area contributed by atoms with Crippen LogP contribution in [-0.2, 0) is 9.53 Å². The van der Waals surface area contributed by atoms with Crippen molar-refractivity contribution in [2.75, 3.05) is 13.7 Å². The number of nitrogens with one attached hydrogen (secondary N) is 1. The molecule has 0 saturated carbocycles. The SMILES string of the molecule is CC(C)(O)O.CCCCC=O.CN=C(N=CN)c1ccc(C2CCC(CO)O2)[nH]1. The number of aliphatic hydroxyl groups is 3. The van der Waals surface area contributed by atoms with E-state index >= 15 is 0 Å². The number of unbranched alkanes of at least 4 members (excludes halogenated alkanes) is 2. The van der Waals surface area contributed by atoms with Gasteiger partial charge in [0.05, 0.1) is 30.8 Å². The summed E-state index contributed by atoms with van der Waals surface area (Å²) in [7, 11) is 1.66. The van der Waals surface area contributed by atoms with Crippen LogP contribution >= 0.6 is 0 Å². The van der Waals surface area contributed by atoms with Gasteiger partial charge in [-0.3, -0.25) is 4.99 Å². The van der Waals surface area contributed by atoms with Crippen molar-refractivity contribution in [2.45, 2.75) is 70.9 Å². The topological polar surface area (TPSA) is 154 Å². The number of aldehydes is 1. The lowest BCUT2D eigenvalue weighted by molar-refractivity contribution is -0.127. The van der Waals surface area contributed by atoms with Crippen LogP contribution in [0.2, 0.25) is 0 Å². The number of rotatable bonds is 6. The number of hydrogen-bond donors (Lipinski definition) is 5. The molecular formula is C20H36N4O5. The smallest absolute Gasteiger partial charge is 0.172 e. The second kappa shape index (κ2) is 14.9. The molecule has 9 nitrogen and oxygen atoms in total. The fraction of sp³-hybridized carbons (Fsp3) is 0.650. The molecule has 0 aliphatic carbocycles. The minimum absolute atomic E-state index is 0.0101. The van der Waals surface area contributed by atoms with Crippen molar-refractivity contribution in [1.82, 2.24) is 4.98 Å². The minimum Gasteiger partial charge on any atom is -0.394 e. The number of nitrogens with two attached hydrogens (primary N) is 1. The molecule has 2 heterocycles. The number of carbonyl (C=O) groups is 1. The molecule has 2 rings (SSSR count). The second-order valence-electron chi connectivity index (χ2n) is 6.96. The van der Waals surface area contributed by atoms with Crippen LogP contribution < -0.4 is 5.73 Å². The van der Waals surface area contributed by atoms with Crippen molar-refractivity contribution in [1.29, 1.82) is 0 Å². The molecule has 2 atom stereocenters. The zero-order chi connectivity index (χ0) is 22.3. The Hall–Kier alpha value is -2.07. The maximum atomic E-state index is 9.56. The number of ether oxygens (including phenoxy) is 1. The Morgan fingerprint density at radius 2 is 2.03 bits per heavy atom. The van der Waals surface area contributed by atoms with Crippen LogP contribution in [0, 0.1) is 0 Å². The van der Waals surface area contributed by atoms with Gasteiger partial charge < -0.3 is 35.6 Å². The van der Waals surface area contributed by atoms with Crippen molar-refractivity contribution in [3.05, 3.63) is 23.5 Å². The Balaban J connectivity index is 0.000000591. The molecule has 1 fully saturated rings. The maximum Gasteiger partial charge on any atom is 0.172 e. The number of aromatic amines is 1. The summed E-state index contributed by atoms with van der Waals surface area (Å²) in [6, 6.07) is 3.86. The van der Waals surface area contributed by atoms with Gasteiger partial charge in [-0.2, -0.15) is 0 Å². The highest BCUT2D eigenvalue weighted by Crippen LogP contribution is 2.31. The van der Waals surface area contributed by atoms with E-state index in [1.165, 1.54) is 20.2 Å². The molecule has 6 N–H and O–H groups in total. The molecule has 29 heavy (non-hydrogen) atoms. The third-order valence-electron chi connectivity index (χ3n) is 3.69. The molecular weight excluding hydrogens is 376 g/mol. The van der Waals surface area contributed by atoms with E-state index in [1.807, 2.05) is 12.1 Å². The van der Waals surface area contributed by atoms with Crippen LogP contribution in [0.4, 0.5) is 0 Å². The molecule has 1 aromatic rings. The summed E-state index contributed by atoms with van der Waals surface area (Å²) in [6.45, 7) is 4.74. The Kier molecular flexibility index (Phi) is 13.8. The van der Waals surface area contributed by atoms with Crippen molar-refractivity contribution in [2.24, 2.45) is 15.7 Å². The summed E-state index contributed by atoms with van der Waals surface area (Å²) < 4.78 is 5.70. The molecule has 0 amide bonds. The fourth-order valence-electron chi connectivity index (χ4n) is 2.40. The molecule has 0 spiro atoms. The monoisotopic (exact) mass is 412 g/mol. The van der Waals surface area contributed by atoms with Gasteiger partial charge in [0.2, 0.25) is 0 Å². The number of aliphatic hydroxyl groups excluding tert-OH is 1. The first-order valence-corrected chi connectivity index (χ1v) is 9.75. The average molecular weight is 413 g/mol. The van der Waals surface area contributed by atoms with E-state index in [2.05, 4.69) is 21.9 Å². The highest BCUT2D eigenvalue weighted by molar-refractivity contribution is 6.01. The van der Waals surface area contributed by atoms with Gasteiger partial charge in [0.1, 0.15) is 6.29 Å². The molecule has 1 saturated heterocycles. The van der Waals surface area contributed by atoms with Crippen LogP contribution in [0.1, 0.15) is 70.4 Å². The van der Waals surface area contributed by atoms with E-state index < -0.39 is 5.79 Å². The van der Waals surface area contributed by atoms with E-state index in [0.29, 0.717) is 5.84 Å². The van der Waals surface area contributed by atoms with E-state index in [9.17, 15) is 4.79 Å². The molecule has 1 aromatic heterocycles. The lowest BCUT2D eigenvalue weighted by Crippen LogP contribution is -2.15. The summed E-state index contributed by atoms with van der Waals surface area (Å²) in [5, 5.41) is 25.2. The first-order valence-electron chi connectivity index (χ1n) is 9.75. The van der Waals surface area contributed by atoms with Gasteiger partial charge in [0, 0.05) is 19.2 Å². The lowest BCUT2D eigenvalue weighted by atomic mass is 10.1. The molecule has 2 unspecified atom stereocenters. The van der Waals surface area contributed by atoms with Crippen molar-refractivity contribution >= 4 is 18.5 Å². The van der Waals surface area contributed by atoms with Crippen molar-refractivity contribution < 1.29 is 24.9 Å². The van der Waals surface area contributed by atoms with Gasteiger partial charge in [-0.05, 0) is 45.2 Å². The number of H-pyrrole nitrogens is 1. The fourth-order valence-corrected chi connectivity index (χ4v) is 2.40. The predicted octanol–water partition coefficient (Wildman–Crippen LogP) is 1.67. The highest BCUT2D eigenvalue weighted by atomic mass is 16.5. The van der Waals surface area contributed by atoms with Gasteiger partial charge in [0.15, 0.2) is 11.6 Å². The first kappa shape index (κ1) is 26.9. The van der Waals surface area contributed by atoms with Crippen molar-refractivity contribution in [3.63, 3.8) is 0 Å². The largest absolute Gasteiger partial charge is 0.394 e. The average Bonchev–Trinajstić information content (AvgIpc) is 3.32. The van der Waals surface area contributed by atoms with Crippen LogP contribution in [0.25, 0.3) is 0 Å². The van der Waals surface area contributed by atoms with Crippen LogP contribution in [-0.4, -0.2) is 64.3 Å². The Labute approximate surface area is 172 Å². The normalized spacial score (nSPS) is 19.3. The summed E-state index contributed by atoms with van der Waals surface area (Å²) >= 11 is 0. The molecule has 0 bridgehead atoms. The first-order chi connectivity index (χ1) is 13.7. The molecule has 9 heteroatoms. The number of aromatic nitrogens is 1. The Morgan fingerprint density at radius 3 is 2.45 bits per heavy atom.